The van der Waals surface area contributed by atoms with E-state index in [9.17, 15) is 0 Å². The third-order valence-corrected chi connectivity index (χ3v) is 5.08. The molecule has 19 heavy (non-hydrogen) atoms. The van der Waals surface area contributed by atoms with Crippen LogP contribution in [0.5, 0.6) is 0 Å². The lowest BCUT2D eigenvalue weighted by Crippen LogP contribution is -2.36. The number of hydrogen-bond acceptors (Lipinski definition) is 4. The van der Waals surface area contributed by atoms with E-state index in [1.54, 1.807) is 11.3 Å². The molecular weight excluding hydrogens is 324 g/mol. The van der Waals surface area contributed by atoms with Crippen LogP contribution < -0.4 is 5.32 Å². The third-order valence-electron chi connectivity index (χ3n) is 3.38. The Morgan fingerprint density at radius 1 is 1.53 bits per heavy atom. The zero-order valence-corrected chi connectivity index (χ0v) is 13.9. The molecule has 0 spiro atoms. The maximum Gasteiger partial charge on any atom is 0.0701 e. The number of halogens is 1. The predicted molar refractivity (Wildman–Crippen MR) is 84.8 cm³/mol. The monoisotopic (exact) mass is 346 g/mol. The van der Waals surface area contributed by atoms with Gasteiger partial charge in [-0.25, -0.2) is 0 Å². The van der Waals surface area contributed by atoms with Crippen LogP contribution in [0.3, 0.4) is 0 Å². The molecule has 0 aromatic carbocycles. The zero-order valence-electron chi connectivity index (χ0n) is 11.5. The molecule has 1 saturated heterocycles. The molecule has 1 aromatic heterocycles. The third kappa shape index (κ3) is 5.92. The number of ether oxygens (including phenoxy) is 1. The van der Waals surface area contributed by atoms with Crippen molar-refractivity contribution in [2.24, 2.45) is 0 Å². The van der Waals surface area contributed by atoms with Crippen LogP contribution >= 0.6 is 27.3 Å². The van der Waals surface area contributed by atoms with E-state index in [2.05, 4.69) is 44.6 Å². The first-order valence-corrected chi connectivity index (χ1v) is 8.65. The Balaban J connectivity index is 1.54. The molecule has 2 rings (SSSR count). The van der Waals surface area contributed by atoms with Crippen molar-refractivity contribution in [3.05, 3.63) is 20.8 Å². The number of thiophene rings is 1. The Morgan fingerprint density at radius 3 is 3.11 bits per heavy atom. The predicted octanol–water partition coefficient (Wildman–Crippen LogP) is 3.10. The van der Waals surface area contributed by atoms with Crippen LogP contribution in [0.4, 0.5) is 0 Å². The fourth-order valence-corrected chi connectivity index (χ4v) is 3.74. The first-order chi connectivity index (χ1) is 9.24. The largest absolute Gasteiger partial charge is 0.377 e. The van der Waals surface area contributed by atoms with Crippen molar-refractivity contribution in [2.45, 2.75) is 31.9 Å². The Hall–Kier alpha value is 0.0600. The number of likely N-dealkylation sites (N-methyl/N-ethyl adjacent to an activating group) is 1. The Kier molecular flexibility index (Phi) is 6.81. The van der Waals surface area contributed by atoms with Gasteiger partial charge in [-0.3, -0.25) is 0 Å². The summed E-state index contributed by atoms with van der Waals surface area (Å²) in [6.07, 6.45) is 4.23. The van der Waals surface area contributed by atoms with Gasteiger partial charge in [0.1, 0.15) is 0 Å². The number of rotatable bonds is 7. The SMILES string of the molecule is CN(CCNCc1cc(Br)cs1)CC1CCCCO1. The Bertz CT molecular complexity index is 366. The molecule has 1 N–H and O–H groups in total. The van der Waals surface area contributed by atoms with Crippen molar-refractivity contribution in [3.8, 4) is 0 Å². The van der Waals surface area contributed by atoms with E-state index < -0.39 is 0 Å². The van der Waals surface area contributed by atoms with Crippen molar-refractivity contribution in [1.29, 1.82) is 0 Å². The highest BCUT2D eigenvalue weighted by Crippen LogP contribution is 2.19. The van der Waals surface area contributed by atoms with Crippen LogP contribution in [0.1, 0.15) is 24.1 Å². The summed E-state index contributed by atoms with van der Waals surface area (Å²) in [7, 11) is 2.18. The topological polar surface area (TPSA) is 24.5 Å². The van der Waals surface area contributed by atoms with Crippen molar-refractivity contribution in [2.75, 3.05) is 33.3 Å². The molecule has 3 nitrogen and oxygen atoms in total. The van der Waals surface area contributed by atoms with Gasteiger partial charge >= 0.3 is 0 Å². The van der Waals surface area contributed by atoms with Gasteiger partial charge in [0.2, 0.25) is 0 Å². The smallest absolute Gasteiger partial charge is 0.0701 e. The summed E-state index contributed by atoms with van der Waals surface area (Å²) in [5.41, 5.74) is 0. The Labute approximate surface area is 128 Å². The molecule has 0 bridgehead atoms. The lowest BCUT2D eigenvalue weighted by atomic mass is 10.1. The van der Waals surface area contributed by atoms with Crippen molar-refractivity contribution >= 4 is 27.3 Å². The molecule has 1 aliphatic heterocycles. The molecule has 0 saturated carbocycles. The van der Waals surface area contributed by atoms with Crippen LogP contribution in [0.25, 0.3) is 0 Å². The van der Waals surface area contributed by atoms with Gasteiger partial charge in [0.15, 0.2) is 0 Å². The number of nitrogens with zero attached hydrogens (tertiary/aromatic N) is 1. The molecule has 0 radical (unpaired) electrons. The van der Waals surface area contributed by atoms with E-state index in [0.717, 1.165) is 32.8 Å². The summed E-state index contributed by atoms with van der Waals surface area (Å²) < 4.78 is 6.94. The summed E-state index contributed by atoms with van der Waals surface area (Å²) in [5, 5.41) is 5.62. The maximum absolute atomic E-state index is 5.76. The van der Waals surface area contributed by atoms with Gasteiger partial charge < -0.3 is 15.0 Å². The average Bonchev–Trinajstić information content (AvgIpc) is 2.82. The van der Waals surface area contributed by atoms with Crippen LogP contribution in [-0.4, -0.2) is 44.3 Å². The van der Waals surface area contributed by atoms with Crippen molar-refractivity contribution < 1.29 is 4.74 Å². The molecule has 1 fully saturated rings. The number of nitrogens with one attached hydrogen (secondary N) is 1. The highest BCUT2D eigenvalue weighted by molar-refractivity contribution is 9.10. The fourth-order valence-electron chi connectivity index (χ4n) is 2.32. The number of hydrogen-bond donors (Lipinski definition) is 1. The molecule has 5 heteroatoms. The average molecular weight is 347 g/mol. The zero-order chi connectivity index (χ0) is 13.5. The maximum atomic E-state index is 5.76. The van der Waals surface area contributed by atoms with Crippen molar-refractivity contribution in [1.82, 2.24) is 10.2 Å². The molecule has 0 amide bonds. The Morgan fingerprint density at radius 2 is 2.42 bits per heavy atom. The molecule has 108 valence electrons. The first kappa shape index (κ1) is 15.4. The minimum Gasteiger partial charge on any atom is -0.377 e. The standard InChI is InChI=1S/C14H23BrN2OS/c1-17(10-13-4-2-3-7-18-13)6-5-16-9-14-8-12(15)11-19-14/h8,11,13,16H,2-7,9-10H2,1H3. The molecule has 1 atom stereocenters. The fraction of sp³-hybridized carbons (Fsp3) is 0.714. The molecule has 2 heterocycles. The minimum atomic E-state index is 0.451. The van der Waals surface area contributed by atoms with E-state index in [0.29, 0.717) is 6.10 Å². The molecular formula is C14H23BrN2OS. The summed E-state index contributed by atoms with van der Waals surface area (Å²) in [4.78, 5) is 3.75. The van der Waals surface area contributed by atoms with Crippen molar-refractivity contribution in [3.63, 3.8) is 0 Å². The second-order valence-corrected chi connectivity index (χ2v) is 7.07. The van der Waals surface area contributed by atoms with E-state index in [-0.39, 0.29) is 0 Å². The highest BCUT2D eigenvalue weighted by Gasteiger charge is 2.15. The first-order valence-electron chi connectivity index (χ1n) is 6.98. The van der Waals surface area contributed by atoms with Crippen LogP contribution in [0.15, 0.2) is 15.9 Å². The molecule has 1 aliphatic rings. The van der Waals surface area contributed by atoms with E-state index in [4.69, 9.17) is 4.74 Å². The summed E-state index contributed by atoms with van der Waals surface area (Å²) in [5.74, 6) is 0. The van der Waals surface area contributed by atoms with Gasteiger partial charge in [-0.1, -0.05) is 0 Å². The van der Waals surface area contributed by atoms with Crippen LogP contribution in [-0.2, 0) is 11.3 Å². The summed E-state index contributed by atoms with van der Waals surface area (Å²) in [6, 6.07) is 2.18. The summed E-state index contributed by atoms with van der Waals surface area (Å²) in [6.45, 7) is 5.07. The second-order valence-electron chi connectivity index (χ2n) is 5.16. The normalized spacial score (nSPS) is 20.1. The van der Waals surface area contributed by atoms with E-state index >= 15 is 0 Å². The van der Waals surface area contributed by atoms with Gasteiger partial charge in [0.05, 0.1) is 6.10 Å². The lowest BCUT2D eigenvalue weighted by Gasteiger charge is -2.27. The minimum absolute atomic E-state index is 0.451. The molecule has 0 aliphatic carbocycles. The lowest BCUT2D eigenvalue weighted by molar-refractivity contribution is -0.00123. The van der Waals surface area contributed by atoms with Crippen LogP contribution in [0.2, 0.25) is 0 Å². The molecule has 1 unspecified atom stereocenters. The quantitative estimate of drug-likeness (QED) is 0.767. The van der Waals surface area contributed by atoms with E-state index in [1.807, 2.05) is 0 Å². The van der Waals surface area contributed by atoms with Gasteiger partial charge in [-0.15, -0.1) is 11.3 Å². The highest BCUT2D eigenvalue weighted by atomic mass is 79.9. The van der Waals surface area contributed by atoms with Gasteiger partial charge in [-0.05, 0) is 48.3 Å². The van der Waals surface area contributed by atoms with Crippen LogP contribution in [0, 0.1) is 0 Å². The summed E-state index contributed by atoms with van der Waals surface area (Å²) >= 11 is 5.27. The van der Waals surface area contributed by atoms with Gasteiger partial charge in [-0.2, -0.15) is 0 Å². The van der Waals surface area contributed by atoms with Gasteiger partial charge in [0, 0.05) is 47.5 Å². The molecule has 1 aromatic rings. The second kappa shape index (κ2) is 8.37. The van der Waals surface area contributed by atoms with Gasteiger partial charge in [0.25, 0.3) is 0 Å². The van der Waals surface area contributed by atoms with E-state index in [1.165, 1.54) is 28.6 Å².